The topological polar surface area (TPSA) is 100 Å². The SMILES string of the molecule is Cc1ccn(CC(=O)Nc2ccc(C(=O)NCCO)cc2)c(=O)c1. The van der Waals surface area contributed by atoms with Crippen molar-refractivity contribution in [2.45, 2.75) is 13.5 Å². The number of aliphatic hydroxyl groups is 1. The van der Waals surface area contributed by atoms with Crippen molar-refractivity contribution >= 4 is 17.5 Å². The third-order valence-corrected chi connectivity index (χ3v) is 3.29. The van der Waals surface area contributed by atoms with Gasteiger partial charge in [-0.2, -0.15) is 0 Å². The van der Waals surface area contributed by atoms with Gasteiger partial charge in [0.05, 0.1) is 6.61 Å². The smallest absolute Gasteiger partial charge is 0.251 e. The van der Waals surface area contributed by atoms with E-state index in [0.29, 0.717) is 11.3 Å². The standard InChI is InChI=1S/C17H19N3O4/c1-12-6-8-20(16(23)10-12)11-15(22)19-14-4-2-13(3-5-14)17(24)18-7-9-21/h2-6,8,10,21H,7,9,11H2,1H3,(H,18,24)(H,19,22). The van der Waals surface area contributed by atoms with Gasteiger partial charge in [0.25, 0.3) is 11.5 Å². The minimum atomic E-state index is -0.335. The molecule has 0 spiro atoms. The summed E-state index contributed by atoms with van der Waals surface area (Å²) in [6.07, 6.45) is 1.58. The van der Waals surface area contributed by atoms with Crippen LogP contribution in [-0.2, 0) is 11.3 Å². The van der Waals surface area contributed by atoms with Gasteiger partial charge in [-0.1, -0.05) is 0 Å². The molecule has 0 bridgehead atoms. The molecule has 0 aliphatic carbocycles. The number of amides is 2. The van der Waals surface area contributed by atoms with Crippen molar-refractivity contribution in [3.63, 3.8) is 0 Å². The molecule has 2 amide bonds. The van der Waals surface area contributed by atoms with Crippen LogP contribution in [0, 0.1) is 6.92 Å². The fourth-order valence-electron chi connectivity index (χ4n) is 2.07. The van der Waals surface area contributed by atoms with Gasteiger partial charge in [0.15, 0.2) is 0 Å². The number of hydrogen-bond donors (Lipinski definition) is 3. The number of aliphatic hydroxyl groups excluding tert-OH is 1. The van der Waals surface area contributed by atoms with Gasteiger partial charge in [0, 0.05) is 30.1 Å². The van der Waals surface area contributed by atoms with Crippen LogP contribution in [0.15, 0.2) is 47.4 Å². The zero-order valence-corrected chi connectivity index (χ0v) is 13.3. The van der Waals surface area contributed by atoms with Crippen molar-refractivity contribution in [2.75, 3.05) is 18.5 Å². The summed E-state index contributed by atoms with van der Waals surface area (Å²) < 4.78 is 1.32. The Labute approximate surface area is 138 Å². The Morgan fingerprint density at radius 3 is 2.50 bits per heavy atom. The van der Waals surface area contributed by atoms with Crippen LogP contribution in [0.1, 0.15) is 15.9 Å². The number of rotatable bonds is 6. The summed E-state index contributed by atoms with van der Waals surface area (Å²) >= 11 is 0. The van der Waals surface area contributed by atoms with Crippen molar-refractivity contribution in [3.8, 4) is 0 Å². The second kappa shape index (κ2) is 8.07. The fraction of sp³-hybridized carbons (Fsp3) is 0.235. The van der Waals surface area contributed by atoms with Crippen molar-refractivity contribution in [1.29, 1.82) is 0 Å². The Bertz CT molecular complexity index is 781. The van der Waals surface area contributed by atoms with Gasteiger partial charge in [-0.3, -0.25) is 14.4 Å². The molecule has 1 heterocycles. The number of nitrogens with zero attached hydrogens (tertiary/aromatic N) is 1. The van der Waals surface area contributed by atoms with Crippen molar-refractivity contribution in [2.24, 2.45) is 0 Å². The molecular formula is C17H19N3O4. The summed E-state index contributed by atoms with van der Waals surface area (Å²) in [5.41, 5.74) is 1.56. The quantitative estimate of drug-likeness (QED) is 0.719. The Morgan fingerprint density at radius 2 is 1.88 bits per heavy atom. The number of pyridine rings is 1. The summed E-state index contributed by atoms with van der Waals surface area (Å²) in [6, 6.07) is 9.57. The predicted octanol–water partition coefficient (Wildman–Crippen LogP) is 0.518. The van der Waals surface area contributed by atoms with Crippen molar-refractivity contribution in [1.82, 2.24) is 9.88 Å². The highest BCUT2D eigenvalue weighted by Crippen LogP contribution is 2.09. The molecule has 2 rings (SSSR count). The average molecular weight is 329 g/mol. The maximum atomic E-state index is 12.0. The van der Waals surface area contributed by atoms with Gasteiger partial charge >= 0.3 is 0 Å². The first kappa shape index (κ1) is 17.4. The molecule has 0 saturated heterocycles. The van der Waals surface area contributed by atoms with Gasteiger partial charge < -0.3 is 20.3 Å². The number of carbonyl (C=O) groups excluding carboxylic acids is 2. The third-order valence-electron chi connectivity index (χ3n) is 3.29. The molecule has 2 aromatic rings. The van der Waals surface area contributed by atoms with E-state index in [0.717, 1.165) is 5.56 Å². The molecule has 0 aliphatic rings. The van der Waals surface area contributed by atoms with Crippen LogP contribution in [0.2, 0.25) is 0 Å². The first-order chi connectivity index (χ1) is 11.5. The lowest BCUT2D eigenvalue weighted by atomic mass is 10.2. The molecule has 7 nitrogen and oxygen atoms in total. The average Bonchev–Trinajstić information content (AvgIpc) is 2.56. The van der Waals surface area contributed by atoms with E-state index in [-0.39, 0.29) is 37.1 Å². The molecule has 126 valence electrons. The van der Waals surface area contributed by atoms with Gasteiger partial charge in [-0.15, -0.1) is 0 Å². The molecule has 0 aliphatic heterocycles. The molecule has 7 heteroatoms. The second-order valence-electron chi connectivity index (χ2n) is 5.28. The van der Waals surface area contributed by atoms with Crippen LogP contribution >= 0.6 is 0 Å². The summed E-state index contributed by atoms with van der Waals surface area (Å²) in [5, 5.41) is 13.9. The number of aryl methyl sites for hydroxylation is 1. The fourth-order valence-corrected chi connectivity index (χ4v) is 2.07. The van der Waals surface area contributed by atoms with Crippen molar-refractivity contribution in [3.05, 3.63) is 64.1 Å². The molecule has 0 radical (unpaired) electrons. The van der Waals surface area contributed by atoms with Crippen LogP contribution in [0.25, 0.3) is 0 Å². The minimum absolute atomic E-state index is 0.0855. The van der Waals surface area contributed by atoms with E-state index < -0.39 is 0 Å². The zero-order chi connectivity index (χ0) is 17.5. The van der Waals surface area contributed by atoms with E-state index in [1.165, 1.54) is 10.6 Å². The normalized spacial score (nSPS) is 10.2. The Balaban J connectivity index is 1.96. The highest BCUT2D eigenvalue weighted by Gasteiger charge is 2.07. The molecule has 3 N–H and O–H groups in total. The monoisotopic (exact) mass is 329 g/mol. The lowest BCUT2D eigenvalue weighted by molar-refractivity contribution is -0.116. The van der Waals surface area contributed by atoms with Gasteiger partial charge in [-0.25, -0.2) is 0 Å². The predicted molar refractivity (Wildman–Crippen MR) is 89.9 cm³/mol. The van der Waals surface area contributed by atoms with E-state index in [1.54, 1.807) is 36.5 Å². The van der Waals surface area contributed by atoms with E-state index in [9.17, 15) is 14.4 Å². The number of nitrogens with one attached hydrogen (secondary N) is 2. The zero-order valence-electron chi connectivity index (χ0n) is 13.3. The first-order valence-corrected chi connectivity index (χ1v) is 7.45. The highest BCUT2D eigenvalue weighted by molar-refractivity contribution is 5.95. The summed E-state index contributed by atoms with van der Waals surface area (Å²) in [4.78, 5) is 35.5. The van der Waals surface area contributed by atoms with Gasteiger partial charge in [0.1, 0.15) is 6.54 Å². The Hall–Kier alpha value is -2.93. The number of aromatic nitrogens is 1. The first-order valence-electron chi connectivity index (χ1n) is 7.45. The maximum Gasteiger partial charge on any atom is 0.251 e. The summed E-state index contributed by atoms with van der Waals surface area (Å²) in [6.45, 7) is 1.78. The molecular weight excluding hydrogens is 310 g/mol. The van der Waals surface area contributed by atoms with E-state index in [4.69, 9.17) is 5.11 Å². The maximum absolute atomic E-state index is 12.0. The second-order valence-corrected chi connectivity index (χ2v) is 5.28. The van der Waals surface area contributed by atoms with E-state index in [1.807, 2.05) is 6.92 Å². The Morgan fingerprint density at radius 1 is 1.17 bits per heavy atom. The number of carbonyl (C=O) groups is 2. The van der Waals surface area contributed by atoms with Crippen LogP contribution in [0.3, 0.4) is 0 Å². The lowest BCUT2D eigenvalue weighted by Crippen LogP contribution is -2.27. The summed E-state index contributed by atoms with van der Waals surface area (Å²) in [7, 11) is 0. The molecule has 1 aromatic heterocycles. The molecule has 0 saturated carbocycles. The van der Waals surface area contributed by atoms with Gasteiger partial charge in [0.2, 0.25) is 5.91 Å². The summed E-state index contributed by atoms with van der Waals surface area (Å²) in [5.74, 6) is -0.633. The number of hydrogen-bond acceptors (Lipinski definition) is 4. The Kier molecular flexibility index (Phi) is 5.86. The van der Waals surface area contributed by atoms with E-state index >= 15 is 0 Å². The lowest BCUT2D eigenvalue weighted by Gasteiger charge is -2.08. The highest BCUT2D eigenvalue weighted by atomic mass is 16.3. The number of anilines is 1. The van der Waals surface area contributed by atoms with Gasteiger partial charge in [-0.05, 0) is 42.8 Å². The molecule has 0 fully saturated rings. The molecule has 0 unspecified atom stereocenters. The third kappa shape index (κ3) is 4.79. The van der Waals surface area contributed by atoms with Crippen LogP contribution in [-0.4, -0.2) is 34.6 Å². The molecule has 1 aromatic carbocycles. The number of benzene rings is 1. The van der Waals surface area contributed by atoms with Crippen LogP contribution in [0.4, 0.5) is 5.69 Å². The van der Waals surface area contributed by atoms with Crippen LogP contribution in [0.5, 0.6) is 0 Å². The molecule has 0 atom stereocenters. The minimum Gasteiger partial charge on any atom is -0.395 e. The molecule has 24 heavy (non-hydrogen) atoms. The largest absolute Gasteiger partial charge is 0.395 e. The van der Waals surface area contributed by atoms with E-state index in [2.05, 4.69) is 10.6 Å². The van der Waals surface area contributed by atoms with Crippen LogP contribution < -0.4 is 16.2 Å². The van der Waals surface area contributed by atoms with Crippen molar-refractivity contribution < 1.29 is 14.7 Å².